The van der Waals surface area contributed by atoms with Crippen molar-refractivity contribution < 1.29 is 4.79 Å². The van der Waals surface area contributed by atoms with Crippen LogP contribution in [0.2, 0.25) is 0 Å². The molecule has 20 heavy (non-hydrogen) atoms. The normalized spacial score (nSPS) is 10.2. The molecule has 0 spiro atoms. The van der Waals surface area contributed by atoms with E-state index in [0.717, 1.165) is 22.5 Å². The smallest absolute Gasteiger partial charge is 0.255 e. The van der Waals surface area contributed by atoms with E-state index in [1.807, 2.05) is 32.9 Å². The second-order valence-electron chi connectivity index (χ2n) is 4.86. The minimum Gasteiger partial charge on any atom is -0.322 e. The fourth-order valence-corrected chi connectivity index (χ4v) is 2.12. The minimum atomic E-state index is -0.183. The highest BCUT2D eigenvalue weighted by Crippen LogP contribution is 2.16. The molecule has 0 aliphatic heterocycles. The van der Waals surface area contributed by atoms with Crippen molar-refractivity contribution in [1.29, 1.82) is 0 Å². The van der Waals surface area contributed by atoms with Gasteiger partial charge < -0.3 is 10.7 Å². The van der Waals surface area contributed by atoms with Crippen LogP contribution in [-0.4, -0.2) is 10.9 Å². The number of nitrogens with one attached hydrogen (secondary N) is 2. The number of aryl methyl sites for hydroxylation is 3. The van der Waals surface area contributed by atoms with Gasteiger partial charge >= 0.3 is 0 Å². The molecule has 0 fully saturated rings. The lowest BCUT2D eigenvalue weighted by Crippen LogP contribution is -2.15. The number of aromatic nitrogens is 1. The largest absolute Gasteiger partial charge is 0.322 e. The zero-order valence-electron chi connectivity index (χ0n) is 11.8. The summed E-state index contributed by atoms with van der Waals surface area (Å²) >= 11 is 0. The summed E-state index contributed by atoms with van der Waals surface area (Å²) in [6, 6.07) is 9.26. The maximum absolute atomic E-state index is 12.2. The third kappa shape index (κ3) is 3.33. The van der Waals surface area contributed by atoms with E-state index in [1.54, 1.807) is 12.1 Å². The van der Waals surface area contributed by atoms with Crippen LogP contribution >= 0.6 is 0 Å². The van der Waals surface area contributed by atoms with Crippen molar-refractivity contribution >= 4 is 17.4 Å². The van der Waals surface area contributed by atoms with Gasteiger partial charge in [-0.25, -0.2) is 10.8 Å². The third-order valence-electron chi connectivity index (χ3n) is 2.84. The van der Waals surface area contributed by atoms with Crippen molar-refractivity contribution in [2.45, 2.75) is 20.8 Å². The van der Waals surface area contributed by atoms with Gasteiger partial charge in [0.15, 0.2) is 0 Å². The highest BCUT2D eigenvalue weighted by Gasteiger charge is 2.09. The number of hydrogen-bond acceptors (Lipinski definition) is 4. The molecule has 0 saturated carbocycles. The molecule has 0 radical (unpaired) electrons. The highest BCUT2D eigenvalue weighted by molar-refractivity contribution is 6.04. The number of nitrogens with zero attached hydrogens (tertiary/aromatic N) is 1. The number of hydrazine groups is 1. The second kappa shape index (κ2) is 5.71. The molecule has 0 saturated heterocycles. The molecule has 0 atom stereocenters. The summed E-state index contributed by atoms with van der Waals surface area (Å²) in [5.41, 5.74) is 6.70. The van der Waals surface area contributed by atoms with E-state index >= 15 is 0 Å². The van der Waals surface area contributed by atoms with Crippen LogP contribution < -0.4 is 16.6 Å². The number of nitrogens with two attached hydrogens (primary N) is 1. The molecule has 1 heterocycles. The average molecular weight is 270 g/mol. The number of rotatable bonds is 3. The average Bonchev–Trinajstić information content (AvgIpc) is 2.36. The number of carbonyl (C=O) groups excluding carboxylic acids is 1. The Morgan fingerprint density at radius 2 is 1.70 bits per heavy atom. The van der Waals surface area contributed by atoms with E-state index < -0.39 is 0 Å². The quantitative estimate of drug-likeness (QED) is 0.591. The van der Waals surface area contributed by atoms with Gasteiger partial charge in [0.2, 0.25) is 0 Å². The highest BCUT2D eigenvalue weighted by atomic mass is 16.1. The zero-order chi connectivity index (χ0) is 14.7. The SMILES string of the molecule is Cc1cc(C)cc(NC(=O)c2cc(C)nc(NN)c2)c1. The number of pyridine rings is 1. The monoisotopic (exact) mass is 270 g/mol. The van der Waals surface area contributed by atoms with Crippen molar-refractivity contribution in [3.63, 3.8) is 0 Å². The van der Waals surface area contributed by atoms with Crippen molar-refractivity contribution in [3.8, 4) is 0 Å². The van der Waals surface area contributed by atoms with Crippen LogP contribution in [0.15, 0.2) is 30.3 Å². The predicted molar refractivity (Wildman–Crippen MR) is 80.7 cm³/mol. The summed E-state index contributed by atoms with van der Waals surface area (Å²) in [4.78, 5) is 16.4. The Hall–Kier alpha value is -2.40. The topological polar surface area (TPSA) is 80.0 Å². The lowest BCUT2D eigenvalue weighted by Gasteiger charge is -2.09. The van der Waals surface area contributed by atoms with Gasteiger partial charge in [0.25, 0.3) is 5.91 Å². The first-order valence-electron chi connectivity index (χ1n) is 6.33. The number of nitrogen functional groups attached to an aromatic ring is 1. The molecule has 5 heteroatoms. The molecule has 5 nitrogen and oxygen atoms in total. The number of hydrogen-bond donors (Lipinski definition) is 3. The van der Waals surface area contributed by atoms with Crippen LogP contribution in [0, 0.1) is 20.8 Å². The first-order chi connectivity index (χ1) is 9.47. The van der Waals surface area contributed by atoms with Crippen LogP contribution in [0.1, 0.15) is 27.2 Å². The van der Waals surface area contributed by atoms with E-state index in [0.29, 0.717) is 11.4 Å². The number of anilines is 2. The molecule has 2 aromatic rings. The summed E-state index contributed by atoms with van der Waals surface area (Å²) in [6.45, 7) is 5.81. The first-order valence-corrected chi connectivity index (χ1v) is 6.33. The van der Waals surface area contributed by atoms with Crippen molar-refractivity contribution in [3.05, 3.63) is 52.7 Å². The third-order valence-corrected chi connectivity index (χ3v) is 2.84. The fourth-order valence-electron chi connectivity index (χ4n) is 2.12. The maximum Gasteiger partial charge on any atom is 0.255 e. The van der Waals surface area contributed by atoms with Gasteiger partial charge in [0, 0.05) is 16.9 Å². The molecule has 0 unspecified atom stereocenters. The van der Waals surface area contributed by atoms with Gasteiger partial charge in [-0.3, -0.25) is 4.79 Å². The van der Waals surface area contributed by atoms with Gasteiger partial charge in [0.1, 0.15) is 5.82 Å². The molecule has 2 rings (SSSR count). The minimum absolute atomic E-state index is 0.183. The lowest BCUT2D eigenvalue weighted by atomic mass is 10.1. The zero-order valence-corrected chi connectivity index (χ0v) is 11.8. The molecule has 0 aliphatic carbocycles. The molecular formula is C15H18N4O. The van der Waals surface area contributed by atoms with E-state index in [9.17, 15) is 4.79 Å². The molecular weight excluding hydrogens is 252 g/mol. The standard InChI is InChI=1S/C15H18N4O/c1-9-4-10(2)6-13(5-9)18-15(20)12-7-11(3)17-14(8-12)19-16/h4-8H,16H2,1-3H3,(H,17,19)(H,18,20). The molecule has 0 bridgehead atoms. The Kier molecular flexibility index (Phi) is 4.00. The van der Waals surface area contributed by atoms with Gasteiger partial charge in [-0.15, -0.1) is 0 Å². The number of carbonyl (C=O) groups is 1. The first kappa shape index (κ1) is 14.0. The molecule has 1 aromatic carbocycles. The Balaban J connectivity index is 2.25. The maximum atomic E-state index is 12.2. The number of amides is 1. The fraction of sp³-hybridized carbons (Fsp3) is 0.200. The van der Waals surface area contributed by atoms with Crippen molar-refractivity contribution in [2.75, 3.05) is 10.7 Å². The summed E-state index contributed by atoms with van der Waals surface area (Å²) < 4.78 is 0. The molecule has 1 aromatic heterocycles. The summed E-state index contributed by atoms with van der Waals surface area (Å²) in [5.74, 6) is 5.62. The number of benzene rings is 1. The van der Waals surface area contributed by atoms with E-state index in [1.165, 1.54) is 0 Å². The van der Waals surface area contributed by atoms with Crippen LogP contribution in [0.3, 0.4) is 0 Å². The summed E-state index contributed by atoms with van der Waals surface area (Å²) in [5, 5.41) is 2.88. The van der Waals surface area contributed by atoms with Crippen molar-refractivity contribution in [1.82, 2.24) is 4.98 Å². The summed E-state index contributed by atoms with van der Waals surface area (Å²) in [6.07, 6.45) is 0. The summed E-state index contributed by atoms with van der Waals surface area (Å²) in [7, 11) is 0. The van der Waals surface area contributed by atoms with E-state index in [2.05, 4.69) is 21.8 Å². The van der Waals surface area contributed by atoms with Crippen LogP contribution in [-0.2, 0) is 0 Å². The predicted octanol–water partition coefficient (Wildman–Crippen LogP) is 2.54. The van der Waals surface area contributed by atoms with E-state index in [-0.39, 0.29) is 5.91 Å². The molecule has 4 N–H and O–H groups in total. The van der Waals surface area contributed by atoms with Crippen molar-refractivity contribution in [2.24, 2.45) is 5.84 Å². The molecule has 1 amide bonds. The van der Waals surface area contributed by atoms with Crippen LogP contribution in [0.4, 0.5) is 11.5 Å². The van der Waals surface area contributed by atoms with Gasteiger partial charge in [0.05, 0.1) is 0 Å². The van der Waals surface area contributed by atoms with E-state index in [4.69, 9.17) is 5.84 Å². The Morgan fingerprint density at radius 1 is 1.05 bits per heavy atom. The molecule has 0 aliphatic rings. The van der Waals surface area contributed by atoms with Gasteiger partial charge in [-0.1, -0.05) is 6.07 Å². The Labute approximate surface area is 118 Å². The Bertz CT molecular complexity index is 632. The second-order valence-corrected chi connectivity index (χ2v) is 4.86. The molecule has 104 valence electrons. The van der Waals surface area contributed by atoms with Crippen LogP contribution in [0.25, 0.3) is 0 Å². The Morgan fingerprint density at radius 3 is 2.30 bits per heavy atom. The van der Waals surface area contributed by atoms with Gasteiger partial charge in [-0.2, -0.15) is 0 Å². The lowest BCUT2D eigenvalue weighted by molar-refractivity contribution is 0.102. The van der Waals surface area contributed by atoms with Crippen LogP contribution in [0.5, 0.6) is 0 Å². The van der Waals surface area contributed by atoms with Gasteiger partial charge in [-0.05, 0) is 56.2 Å².